The van der Waals surface area contributed by atoms with Gasteiger partial charge < -0.3 is 15.0 Å². The number of nitrogens with zero attached hydrogens (tertiary/aromatic N) is 1. The van der Waals surface area contributed by atoms with Crippen LogP contribution in [-0.2, 0) is 16.0 Å². The number of benzene rings is 2. The van der Waals surface area contributed by atoms with Gasteiger partial charge in [0, 0.05) is 19.2 Å². The Balaban J connectivity index is 1.96. The van der Waals surface area contributed by atoms with E-state index in [2.05, 4.69) is 5.32 Å². The first-order chi connectivity index (χ1) is 12.4. The van der Waals surface area contributed by atoms with Gasteiger partial charge in [-0.3, -0.25) is 9.59 Å². The number of carbonyl (C=O) groups is 2. The molecule has 0 aliphatic carbocycles. The second-order valence-corrected chi connectivity index (χ2v) is 6.47. The summed E-state index contributed by atoms with van der Waals surface area (Å²) in [7, 11) is 1.62. The molecular formula is C21H26N2O3. The van der Waals surface area contributed by atoms with E-state index in [1.54, 1.807) is 12.0 Å². The van der Waals surface area contributed by atoms with Crippen molar-refractivity contribution in [1.29, 1.82) is 0 Å². The topological polar surface area (TPSA) is 58.6 Å². The molecule has 0 bridgehead atoms. The Morgan fingerprint density at radius 3 is 2.38 bits per heavy atom. The monoisotopic (exact) mass is 354 g/mol. The summed E-state index contributed by atoms with van der Waals surface area (Å²) in [6.45, 7) is 5.96. The van der Waals surface area contributed by atoms with Crippen molar-refractivity contribution in [1.82, 2.24) is 4.90 Å². The van der Waals surface area contributed by atoms with Gasteiger partial charge in [-0.25, -0.2) is 0 Å². The molecule has 2 aromatic rings. The zero-order chi connectivity index (χ0) is 19.1. The fourth-order valence-corrected chi connectivity index (χ4v) is 2.86. The van der Waals surface area contributed by atoms with E-state index in [-0.39, 0.29) is 18.4 Å². The van der Waals surface area contributed by atoms with Gasteiger partial charge in [-0.05, 0) is 61.2 Å². The Morgan fingerprint density at radius 1 is 1.08 bits per heavy atom. The van der Waals surface area contributed by atoms with Crippen molar-refractivity contribution < 1.29 is 14.3 Å². The lowest BCUT2D eigenvalue weighted by Gasteiger charge is -2.21. The molecule has 2 aromatic carbocycles. The molecule has 5 nitrogen and oxygen atoms in total. The highest BCUT2D eigenvalue weighted by Gasteiger charge is 2.14. The molecule has 2 amide bonds. The normalized spacial score (nSPS) is 10.3. The van der Waals surface area contributed by atoms with Gasteiger partial charge in [0.05, 0.1) is 13.7 Å². The van der Waals surface area contributed by atoms with Crippen LogP contribution < -0.4 is 10.1 Å². The summed E-state index contributed by atoms with van der Waals surface area (Å²) in [4.78, 5) is 25.8. The zero-order valence-electron chi connectivity index (χ0n) is 15.8. The largest absolute Gasteiger partial charge is 0.497 e. The van der Waals surface area contributed by atoms with Gasteiger partial charge >= 0.3 is 0 Å². The number of nitrogens with one attached hydrogen (secondary N) is 1. The van der Waals surface area contributed by atoms with Crippen molar-refractivity contribution in [2.24, 2.45) is 0 Å². The Labute approximate surface area is 155 Å². The van der Waals surface area contributed by atoms with Crippen molar-refractivity contribution in [2.75, 3.05) is 25.5 Å². The van der Waals surface area contributed by atoms with Crippen LogP contribution in [0, 0.1) is 13.8 Å². The second kappa shape index (κ2) is 9.04. The fourth-order valence-electron chi connectivity index (χ4n) is 2.86. The van der Waals surface area contributed by atoms with Crippen LogP contribution in [0.1, 0.15) is 23.6 Å². The lowest BCUT2D eigenvalue weighted by Crippen LogP contribution is -2.38. The van der Waals surface area contributed by atoms with Gasteiger partial charge in [-0.1, -0.05) is 18.2 Å². The Bertz CT molecular complexity index is 766. The van der Waals surface area contributed by atoms with E-state index in [1.807, 2.05) is 56.3 Å². The average Bonchev–Trinajstić information content (AvgIpc) is 2.57. The van der Waals surface area contributed by atoms with Crippen LogP contribution in [0.3, 0.4) is 0 Å². The summed E-state index contributed by atoms with van der Waals surface area (Å²) < 4.78 is 5.21. The third kappa shape index (κ3) is 5.92. The minimum Gasteiger partial charge on any atom is -0.497 e. The van der Waals surface area contributed by atoms with Crippen LogP contribution in [0.5, 0.6) is 5.75 Å². The molecule has 0 aliphatic rings. The number of carbonyl (C=O) groups excluding carboxylic acids is 2. The fraction of sp³-hybridized carbons (Fsp3) is 0.333. The first kappa shape index (κ1) is 19.5. The van der Waals surface area contributed by atoms with E-state index < -0.39 is 0 Å². The Kier molecular flexibility index (Phi) is 6.78. The van der Waals surface area contributed by atoms with E-state index in [0.717, 1.165) is 28.1 Å². The Hall–Kier alpha value is -2.82. The molecule has 0 atom stereocenters. The minimum absolute atomic E-state index is 0.0340. The third-order valence-corrected chi connectivity index (χ3v) is 4.09. The van der Waals surface area contributed by atoms with E-state index >= 15 is 0 Å². The zero-order valence-corrected chi connectivity index (χ0v) is 15.8. The first-order valence-electron chi connectivity index (χ1n) is 8.64. The SMILES string of the molecule is COc1cccc(CCN(CC(=O)Nc2cc(C)cc(C)c2)C(C)=O)c1. The van der Waals surface area contributed by atoms with Gasteiger partial charge in [0.15, 0.2) is 0 Å². The highest BCUT2D eigenvalue weighted by atomic mass is 16.5. The standard InChI is InChI=1S/C21H26N2O3/c1-15-10-16(2)12-19(11-15)22-21(25)14-23(17(3)24)9-8-18-6-5-7-20(13-18)26-4/h5-7,10-13H,8-9,14H2,1-4H3,(H,22,25). The predicted molar refractivity (Wildman–Crippen MR) is 103 cm³/mol. The molecule has 0 aliphatic heterocycles. The van der Waals surface area contributed by atoms with Crippen molar-refractivity contribution in [3.63, 3.8) is 0 Å². The van der Waals surface area contributed by atoms with E-state index in [9.17, 15) is 9.59 Å². The lowest BCUT2D eigenvalue weighted by molar-refractivity contribution is -0.132. The maximum absolute atomic E-state index is 12.3. The number of amides is 2. The molecule has 138 valence electrons. The molecule has 0 radical (unpaired) electrons. The maximum Gasteiger partial charge on any atom is 0.243 e. The molecule has 26 heavy (non-hydrogen) atoms. The molecule has 2 rings (SSSR count). The number of methoxy groups -OCH3 is 1. The number of rotatable bonds is 7. The number of anilines is 1. The van der Waals surface area contributed by atoms with Crippen LogP contribution in [-0.4, -0.2) is 36.9 Å². The van der Waals surface area contributed by atoms with Crippen molar-refractivity contribution >= 4 is 17.5 Å². The number of hydrogen-bond acceptors (Lipinski definition) is 3. The number of ether oxygens (including phenoxy) is 1. The molecule has 0 heterocycles. The first-order valence-corrected chi connectivity index (χ1v) is 8.64. The summed E-state index contributed by atoms with van der Waals surface area (Å²) in [6, 6.07) is 13.6. The average molecular weight is 354 g/mol. The molecule has 0 spiro atoms. The third-order valence-electron chi connectivity index (χ3n) is 4.09. The highest BCUT2D eigenvalue weighted by molar-refractivity contribution is 5.94. The van der Waals surface area contributed by atoms with E-state index in [0.29, 0.717) is 13.0 Å². The minimum atomic E-state index is -0.198. The summed E-state index contributed by atoms with van der Waals surface area (Å²) in [5, 5.41) is 2.87. The molecular weight excluding hydrogens is 328 g/mol. The van der Waals surface area contributed by atoms with Crippen molar-refractivity contribution in [3.05, 3.63) is 59.2 Å². The summed E-state index contributed by atoms with van der Waals surface area (Å²) in [6.07, 6.45) is 0.660. The molecule has 0 saturated carbocycles. The number of hydrogen-bond donors (Lipinski definition) is 1. The Morgan fingerprint density at radius 2 is 1.77 bits per heavy atom. The highest BCUT2D eigenvalue weighted by Crippen LogP contribution is 2.15. The van der Waals surface area contributed by atoms with Crippen LogP contribution in [0.25, 0.3) is 0 Å². The van der Waals surface area contributed by atoms with Crippen molar-refractivity contribution in [2.45, 2.75) is 27.2 Å². The van der Waals surface area contributed by atoms with Gasteiger partial charge in [-0.15, -0.1) is 0 Å². The van der Waals surface area contributed by atoms with Gasteiger partial charge in [0.2, 0.25) is 11.8 Å². The van der Waals surface area contributed by atoms with Crippen LogP contribution >= 0.6 is 0 Å². The molecule has 1 N–H and O–H groups in total. The molecule has 0 saturated heterocycles. The molecule has 0 aromatic heterocycles. The lowest BCUT2D eigenvalue weighted by atomic mass is 10.1. The predicted octanol–water partition coefficient (Wildman–Crippen LogP) is 3.34. The summed E-state index contributed by atoms with van der Waals surface area (Å²) in [5.41, 5.74) is 3.98. The van der Waals surface area contributed by atoms with Gasteiger partial charge in [0.1, 0.15) is 5.75 Å². The molecule has 0 fully saturated rings. The quantitative estimate of drug-likeness (QED) is 0.830. The summed E-state index contributed by atoms with van der Waals surface area (Å²) in [5.74, 6) is 0.462. The molecule has 5 heteroatoms. The van der Waals surface area contributed by atoms with E-state index in [1.165, 1.54) is 6.92 Å². The second-order valence-electron chi connectivity index (χ2n) is 6.47. The van der Waals surface area contributed by atoms with E-state index in [4.69, 9.17) is 4.74 Å². The summed E-state index contributed by atoms with van der Waals surface area (Å²) >= 11 is 0. The van der Waals surface area contributed by atoms with Crippen LogP contribution in [0.4, 0.5) is 5.69 Å². The van der Waals surface area contributed by atoms with Crippen molar-refractivity contribution in [3.8, 4) is 5.75 Å². The van der Waals surface area contributed by atoms with Crippen LogP contribution in [0.15, 0.2) is 42.5 Å². The van der Waals surface area contributed by atoms with Crippen LogP contribution in [0.2, 0.25) is 0 Å². The molecule has 0 unspecified atom stereocenters. The van der Waals surface area contributed by atoms with Gasteiger partial charge in [0.25, 0.3) is 0 Å². The number of aryl methyl sites for hydroxylation is 2. The van der Waals surface area contributed by atoms with Gasteiger partial charge in [-0.2, -0.15) is 0 Å². The smallest absolute Gasteiger partial charge is 0.243 e. The maximum atomic E-state index is 12.3.